The van der Waals surface area contributed by atoms with Crippen LogP contribution in [0.4, 0.5) is 10.5 Å². The molecular formula is C19H28N2O5S. The topological polar surface area (TPSA) is 93.7 Å². The van der Waals surface area contributed by atoms with Gasteiger partial charge in [0.15, 0.2) is 9.84 Å². The Labute approximate surface area is 160 Å². The van der Waals surface area contributed by atoms with Crippen LogP contribution >= 0.6 is 0 Å². The Kier molecular flexibility index (Phi) is 5.95. The third-order valence-electron chi connectivity index (χ3n) is 5.03. The Hall–Kier alpha value is -1.80. The van der Waals surface area contributed by atoms with E-state index in [9.17, 15) is 13.2 Å². The average Bonchev–Trinajstić information content (AvgIpc) is 2.89. The van der Waals surface area contributed by atoms with E-state index in [1.54, 1.807) is 0 Å². The summed E-state index contributed by atoms with van der Waals surface area (Å²) in [5.41, 5.74) is 1.03. The van der Waals surface area contributed by atoms with Crippen LogP contribution in [0.1, 0.15) is 38.2 Å². The number of carbonyl (C=O) groups excluding carboxylic acids is 1. The molecule has 0 aliphatic carbocycles. The van der Waals surface area contributed by atoms with Crippen LogP contribution in [0.5, 0.6) is 5.75 Å². The van der Waals surface area contributed by atoms with Crippen LogP contribution in [0, 0.1) is 6.92 Å². The van der Waals surface area contributed by atoms with Crippen molar-refractivity contribution in [2.75, 3.05) is 30.0 Å². The zero-order valence-electron chi connectivity index (χ0n) is 15.9. The van der Waals surface area contributed by atoms with Crippen LogP contribution in [-0.2, 0) is 14.6 Å². The minimum atomic E-state index is -3.04. The van der Waals surface area contributed by atoms with Crippen molar-refractivity contribution in [3.05, 3.63) is 23.8 Å². The highest BCUT2D eigenvalue weighted by Gasteiger charge is 2.46. The molecule has 2 aliphatic heterocycles. The highest BCUT2D eigenvalue weighted by Crippen LogP contribution is 2.35. The summed E-state index contributed by atoms with van der Waals surface area (Å²) in [6.45, 7) is 5.03. The first-order valence-corrected chi connectivity index (χ1v) is 11.3. The van der Waals surface area contributed by atoms with Crippen molar-refractivity contribution in [2.24, 2.45) is 0 Å². The lowest BCUT2D eigenvalue weighted by atomic mass is 9.90. The van der Waals surface area contributed by atoms with Gasteiger partial charge in [-0.2, -0.15) is 0 Å². The van der Waals surface area contributed by atoms with Gasteiger partial charge < -0.3 is 20.1 Å². The molecule has 2 heterocycles. The molecule has 2 fully saturated rings. The summed E-state index contributed by atoms with van der Waals surface area (Å²) >= 11 is 0. The van der Waals surface area contributed by atoms with E-state index in [2.05, 4.69) is 10.6 Å². The molecule has 7 nitrogen and oxygen atoms in total. The maximum Gasteiger partial charge on any atom is 0.319 e. The van der Waals surface area contributed by atoms with Gasteiger partial charge in [0.1, 0.15) is 5.75 Å². The molecule has 8 heteroatoms. The molecule has 1 spiro atoms. The lowest BCUT2D eigenvalue weighted by Crippen LogP contribution is -2.50. The van der Waals surface area contributed by atoms with Gasteiger partial charge in [-0.25, -0.2) is 13.2 Å². The largest absolute Gasteiger partial charge is 0.491 e. The van der Waals surface area contributed by atoms with Crippen LogP contribution in [-0.4, -0.2) is 50.8 Å². The van der Waals surface area contributed by atoms with Crippen molar-refractivity contribution in [3.63, 3.8) is 0 Å². The van der Waals surface area contributed by atoms with E-state index in [4.69, 9.17) is 9.47 Å². The van der Waals surface area contributed by atoms with Gasteiger partial charge in [0.05, 0.1) is 29.4 Å². The Balaban J connectivity index is 1.61. The van der Waals surface area contributed by atoms with E-state index < -0.39 is 15.4 Å². The molecule has 0 saturated carbocycles. The summed E-state index contributed by atoms with van der Waals surface area (Å²) in [6.07, 6.45) is 2.57. The van der Waals surface area contributed by atoms with Gasteiger partial charge in [0.2, 0.25) is 0 Å². The normalized spacial score (nSPS) is 26.7. The second kappa shape index (κ2) is 8.06. The van der Waals surface area contributed by atoms with E-state index >= 15 is 0 Å². The van der Waals surface area contributed by atoms with E-state index in [-0.39, 0.29) is 23.6 Å². The van der Waals surface area contributed by atoms with Crippen molar-refractivity contribution < 1.29 is 22.7 Å². The van der Waals surface area contributed by atoms with Gasteiger partial charge in [-0.05, 0) is 50.3 Å². The summed E-state index contributed by atoms with van der Waals surface area (Å²) in [5, 5.41) is 5.82. The predicted octanol–water partition coefficient (Wildman–Crippen LogP) is 2.64. The van der Waals surface area contributed by atoms with Gasteiger partial charge in [0.25, 0.3) is 0 Å². The number of rotatable bonds is 5. The van der Waals surface area contributed by atoms with E-state index in [1.165, 1.54) is 0 Å². The van der Waals surface area contributed by atoms with Gasteiger partial charge >= 0.3 is 6.03 Å². The number of nitrogens with one attached hydrogen (secondary N) is 2. The standard InChI is InChI=1S/C19H28N2O5S/c1-3-8-25-17-11-14(2)4-5-16(17)21-18(22)20-15-6-9-26-19(12-15)7-10-27(23,24)13-19/h4-5,11,15H,3,6-10,12-13H2,1-2H3,(H2,20,21,22). The van der Waals surface area contributed by atoms with Crippen molar-refractivity contribution in [2.45, 2.75) is 51.2 Å². The van der Waals surface area contributed by atoms with Crippen molar-refractivity contribution in [3.8, 4) is 5.75 Å². The molecular weight excluding hydrogens is 368 g/mol. The fourth-order valence-electron chi connectivity index (χ4n) is 3.72. The molecule has 0 radical (unpaired) electrons. The molecule has 2 amide bonds. The number of amides is 2. The van der Waals surface area contributed by atoms with Crippen LogP contribution in [0.3, 0.4) is 0 Å². The first-order chi connectivity index (χ1) is 12.8. The molecule has 2 N–H and O–H groups in total. The molecule has 2 aliphatic rings. The molecule has 150 valence electrons. The summed E-state index contributed by atoms with van der Waals surface area (Å²) in [7, 11) is -3.04. The number of anilines is 1. The molecule has 3 rings (SSSR count). The molecule has 2 saturated heterocycles. The highest BCUT2D eigenvalue weighted by atomic mass is 32.2. The van der Waals surface area contributed by atoms with Crippen LogP contribution in [0.15, 0.2) is 18.2 Å². The maximum atomic E-state index is 12.5. The third kappa shape index (κ3) is 5.13. The number of hydrogen-bond acceptors (Lipinski definition) is 5. The number of hydrogen-bond donors (Lipinski definition) is 2. The van der Waals surface area contributed by atoms with Gasteiger partial charge in [-0.15, -0.1) is 0 Å². The first-order valence-electron chi connectivity index (χ1n) is 9.46. The number of aryl methyl sites for hydroxylation is 1. The molecule has 27 heavy (non-hydrogen) atoms. The Bertz CT molecular complexity index is 795. The van der Waals surface area contributed by atoms with Gasteiger partial charge in [-0.1, -0.05) is 13.0 Å². The van der Waals surface area contributed by atoms with Crippen molar-refractivity contribution in [1.29, 1.82) is 0 Å². The second-order valence-electron chi connectivity index (χ2n) is 7.51. The van der Waals surface area contributed by atoms with Crippen molar-refractivity contribution >= 4 is 21.6 Å². The summed E-state index contributed by atoms with van der Waals surface area (Å²) in [6, 6.07) is 5.22. The van der Waals surface area contributed by atoms with E-state index in [0.29, 0.717) is 43.9 Å². The average molecular weight is 397 g/mol. The van der Waals surface area contributed by atoms with E-state index in [1.807, 2.05) is 32.0 Å². The van der Waals surface area contributed by atoms with Gasteiger partial charge in [-0.3, -0.25) is 0 Å². The zero-order valence-corrected chi connectivity index (χ0v) is 16.7. The van der Waals surface area contributed by atoms with Crippen LogP contribution < -0.4 is 15.4 Å². The lowest BCUT2D eigenvalue weighted by molar-refractivity contribution is -0.0685. The quantitative estimate of drug-likeness (QED) is 0.798. The third-order valence-corrected chi connectivity index (χ3v) is 6.82. The predicted molar refractivity (Wildman–Crippen MR) is 104 cm³/mol. The number of urea groups is 1. The van der Waals surface area contributed by atoms with Crippen LogP contribution in [0.25, 0.3) is 0 Å². The maximum absolute atomic E-state index is 12.5. The van der Waals surface area contributed by atoms with Gasteiger partial charge in [0, 0.05) is 12.6 Å². The second-order valence-corrected chi connectivity index (χ2v) is 9.69. The number of carbonyl (C=O) groups is 1. The van der Waals surface area contributed by atoms with Crippen molar-refractivity contribution in [1.82, 2.24) is 5.32 Å². The summed E-state index contributed by atoms with van der Waals surface area (Å²) in [4.78, 5) is 12.5. The minimum Gasteiger partial charge on any atom is -0.491 e. The fraction of sp³-hybridized carbons (Fsp3) is 0.632. The summed E-state index contributed by atoms with van der Waals surface area (Å²) < 4.78 is 35.2. The Morgan fingerprint density at radius 2 is 2.22 bits per heavy atom. The Morgan fingerprint density at radius 1 is 1.41 bits per heavy atom. The summed E-state index contributed by atoms with van der Waals surface area (Å²) in [5.74, 6) is 0.859. The minimum absolute atomic E-state index is 0.0484. The molecule has 2 unspecified atom stereocenters. The highest BCUT2D eigenvalue weighted by molar-refractivity contribution is 7.91. The van der Waals surface area contributed by atoms with E-state index in [0.717, 1.165) is 12.0 Å². The lowest BCUT2D eigenvalue weighted by Gasteiger charge is -2.37. The Morgan fingerprint density at radius 3 is 2.93 bits per heavy atom. The molecule has 0 aromatic heterocycles. The van der Waals surface area contributed by atoms with Crippen LogP contribution in [0.2, 0.25) is 0 Å². The smallest absolute Gasteiger partial charge is 0.319 e. The number of ether oxygens (including phenoxy) is 2. The molecule has 0 bridgehead atoms. The molecule has 2 atom stereocenters. The SMILES string of the molecule is CCCOc1cc(C)ccc1NC(=O)NC1CCOC2(CCS(=O)(=O)C2)C1. The first kappa shape index (κ1) is 19.9. The number of benzene rings is 1. The fourth-order valence-corrected chi connectivity index (χ4v) is 5.69. The number of sulfone groups is 1. The zero-order chi connectivity index (χ0) is 19.5. The molecule has 1 aromatic rings. The molecule has 1 aromatic carbocycles. The monoisotopic (exact) mass is 396 g/mol.